The van der Waals surface area contributed by atoms with Crippen molar-refractivity contribution in [2.24, 2.45) is 17.8 Å². The highest BCUT2D eigenvalue weighted by molar-refractivity contribution is 7.99. The van der Waals surface area contributed by atoms with Crippen molar-refractivity contribution in [3.05, 3.63) is 30.6 Å². The summed E-state index contributed by atoms with van der Waals surface area (Å²) in [5, 5.41) is 0.668. The molecule has 27 heavy (non-hydrogen) atoms. The highest BCUT2D eigenvalue weighted by Gasteiger charge is 2.37. The third-order valence-electron chi connectivity index (χ3n) is 5.88. The molecule has 3 atom stereocenters. The molecule has 2 bridgehead atoms. The number of ether oxygens (including phenoxy) is 1. The Balaban J connectivity index is 1.33. The number of thioether (sulfide) groups is 1. The van der Waals surface area contributed by atoms with Gasteiger partial charge in [-0.15, -0.1) is 0 Å². The van der Waals surface area contributed by atoms with E-state index >= 15 is 0 Å². The number of morpholine rings is 1. The van der Waals surface area contributed by atoms with Gasteiger partial charge in [0.2, 0.25) is 5.91 Å². The van der Waals surface area contributed by atoms with Crippen LogP contribution in [0, 0.1) is 17.8 Å². The van der Waals surface area contributed by atoms with E-state index in [9.17, 15) is 4.79 Å². The SMILES string of the molecule is O=C(CSc1ncccn1)N(CCN1CCOCC1)CC1CC2C=CC1C2. The molecule has 0 spiro atoms. The smallest absolute Gasteiger partial charge is 0.233 e. The third-order valence-corrected chi connectivity index (χ3v) is 6.74. The summed E-state index contributed by atoms with van der Waals surface area (Å²) in [4.78, 5) is 25.9. The average molecular weight is 389 g/mol. The van der Waals surface area contributed by atoms with Gasteiger partial charge in [0.25, 0.3) is 0 Å². The zero-order valence-corrected chi connectivity index (χ0v) is 16.5. The Bertz CT molecular complexity index is 651. The van der Waals surface area contributed by atoms with Gasteiger partial charge in [-0.2, -0.15) is 0 Å². The summed E-state index contributed by atoms with van der Waals surface area (Å²) in [5.74, 6) is 2.63. The first-order valence-corrected chi connectivity index (χ1v) is 10.9. The van der Waals surface area contributed by atoms with Crippen molar-refractivity contribution >= 4 is 17.7 Å². The fourth-order valence-corrected chi connectivity index (χ4v) is 5.08. The predicted octanol–water partition coefficient (Wildman–Crippen LogP) is 1.94. The van der Waals surface area contributed by atoms with Crippen LogP contribution in [0.15, 0.2) is 35.8 Å². The molecule has 1 aromatic rings. The first kappa shape index (κ1) is 18.9. The maximum absolute atomic E-state index is 13.0. The molecule has 4 rings (SSSR count). The van der Waals surface area contributed by atoms with Crippen LogP contribution in [0.5, 0.6) is 0 Å². The van der Waals surface area contributed by atoms with Crippen molar-refractivity contribution in [1.82, 2.24) is 19.8 Å². The maximum atomic E-state index is 13.0. The summed E-state index contributed by atoms with van der Waals surface area (Å²) in [6, 6.07) is 1.79. The quantitative estimate of drug-likeness (QED) is 0.385. The minimum Gasteiger partial charge on any atom is -0.379 e. The highest BCUT2D eigenvalue weighted by Crippen LogP contribution is 2.43. The van der Waals surface area contributed by atoms with E-state index in [1.165, 1.54) is 24.6 Å². The molecule has 1 saturated heterocycles. The second kappa shape index (κ2) is 9.17. The molecule has 2 heterocycles. The van der Waals surface area contributed by atoms with Gasteiger partial charge in [0.1, 0.15) is 0 Å². The van der Waals surface area contributed by atoms with Crippen LogP contribution in [0.1, 0.15) is 12.8 Å². The lowest BCUT2D eigenvalue weighted by Gasteiger charge is -2.32. The summed E-state index contributed by atoms with van der Waals surface area (Å²) < 4.78 is 5.44. The van der Waals surface area contributed by atoms with E-state index < -0.39 is 0 Å². The molecule has 3 unspecified atom stereocenters. The van der Waals surface area contributed by atoms with Crippen molar-refractivity contribution in [1.29, 1.82) is 0 Å². The van der Waals surface area contributed by atoms with E-state index in [2.05, 4.69) is 31.9 Å². The number of hydrogen-bond donors (Lipinski definition) is 0. The Hall–Kier alpha value is -1.44. The monoisotopic (exact) mass is 388 g/mol. The van der Waals surface area contributed by atoms with E-state index in [1.807, 2.05) is 0 Å². The van der Waals surface area contributed by atoms with E-state index in [-0.39, 0.29) is 5.91 Å². The van der Waals surface area contributed by atoms with Crippen molar-refractivity contribution in [2.45, 2.75) is 18.0 Å². The summed E-state index contributed by atoms with van der Waals surface area (Å²) >= 11 is 1.43. The van der Waals surface area contributed by atoms with Crippen LogP contribution >= 0.6 is 11.8 Å². The van der Waals surface area contributed by atoms with Gasteiger partial charge in [-0.1, -0.05) is 23.9 Å². The second-order valence-electron chi connectivity index (χ2n) is 7.65. The first-order valence-electron chi connectivity index (χ1n) is 9.94. The molecule has 0 aromatic carbocycles. The molecule has 146 valence electrons. The number of aromatic nitrogens is 2. The van der Waals surface area contributed by atoms with E-state index in [1.54, 1.807) is 18.5 Å². The lowest BCUT2D eigenvalue weighted by atomic mass is 9.93. The average Bonchev–Trinajstić information content (AvgIpc) is 3.34. The fraction of sp³-hybridized carbons (Fsp3) is 0.650. The van der Waals surface area contributed by atoms with Gasteiger partial charge in [0, 0.05) is 45.1 Å². The third kappa shape index (κ3) is 5.09. The molecule has 0 N–H and O–H groups in total. The zero-order chi connectivity index (χ0) is 18.5. The van der Waals surface area contributed by atoms with Gasteiger partial charge >= 0.3 is 0 Å². The number of rotatable bonds is 8. The number of allylic oxidation sites excluding steroid dienone is 2. The zero-order valence-electron chi connectivity index (χ0n) is 15.7. The molecule has 1 aliphatic heterocycles. The van der Waals surface area contributed by atoms with Gasteiger partial charge in [-0.25, -0.2) is 9.97 Å². The summed E-state index contributed by atoms with van der Waals surface area (Å²) in [5.41, 5.74) is 0. The Kier molecular flexibility index (Phi) is 6.42. The van der Waals surface area contributed by atoms with Gasteiger partial charge < -0.3 is 9.64 Å². The van der Waals surface area contributed by atoms with Crippen LogP contribution in [0.4, 0.5) is 0 Å². The van der Waals surface area contributed by atoms with Crippen LogP contribution in [-0.2, 0) is 9.53 Å². The Morgan fingerprint density at radius 3 is 2.74 bits per heavy atom. The topological polar surface area (TPSA) is 58.6 Å². The molecular weight excluding hydrogens is 360 g/mol. The van der Waals surface area contributed by atoms with E-state index in [0.717, 1.165) is 51.9 Å². The van der Waals surface area contributed by atoms with Crippen LogP contribution in [0.3, 0.4) is 0 Å². The van der Waals surface area contributed by atoms with Crippen LogP contribution in [-0.4, -0.2) is 77.4 Å². The van der Waals surface area contributed by atoms with Crippen molar-refractivity contribution in [2.75, 3.05) is 51.7 Å². The maximum Gasteiger partial charge on any atom is 0.233 e. The Morgan fingerprint density at radius 1 is 1.22 bits per heavy atom. The Labute approximate surface area is 165 Å². The van der Waals surface area contributed by atoms with Crippen molar-refractivity contribution in [3.63, 3.8) is 0 Å². The summed E-state index contributed by atoms with van der Waals surface area (Å²) in [7, 11) is 0. The summed E-state index contributed by atoms with van der Waals surface area (Å²) in [6.45, 7) is 6.13. The molecule has 1 saturated carbocycles. The number of fused-ring (bicyclic) bond motifs is 2. The van der Waals surface area contributed by atoms with Gasteiger partial charge in [-0.05, 0) is 36.7 Å². The number of hydrogen-bond acceptors (Lipinski definition) is 6. The standard InChI is InChI=1S/C20H28N4O2S/c25-19(15-27-20-21-4-1-5-22-20)24(7-6-23-8-10-26-11-9-23)14-18-13-16-2-3-17(18)12-16/h1-5,16-18H,6-15H2. The molecule has 1 amide bonds. The molecule has 0 radical (unpaired) electrons. The fourth-order valence-electron chi connectivity index (χ4n) is 4.37. The van der Waals surface area contributed by atoms with Crippen molar-refractivity contribution in [3.8, 4) is 0 Å². The largest absolute Gasteiger partial charge is 0.379 e. The number of nitrogens with zero attached hydrogens (tertiary/aromatic N) is 4. The van der Waals surface area contributed by atoms with Gasteiger partial charge in [0.05, 0.1) is 19.0 Å². The number of amides is 1. The molecule has 6 nitrogen and oxygen atoms in total. The molecular formula is C20H28N4O2S. The van der Waals surface area contributed by atoms with Crippen LogP contribution < -0.4 is 0 Å². The van der Waals surface area contributed by atoms with Gasteiger partial charge in [0.15, 0.2) is 5.16 Å². The molecule has 3 aliphatic rings. The minimum absolute atomic E-state index is 0.201. The highest BCUT2D eigenvalue weighted by atomic mass is 32.2. The molecule has 2 fully saturated rings. The normalized spacial score (nSPS) is 27.2. The first-order chi connectivity index (χ1) is 13.3. The minimum atomic E-state index is 0.201. The van der Waals surface area contributed by atoms with Crippen LogP contribution in [0.25, 0.3) is 0 Å². The van der Waals surface area contributed by atoms with Crippen molar-refractivity contribution < 1.29 is 9.53 Å². The Morgan fingerprint density at radius 2 is 2.04 bits per heavy atom. The number of carbonyl (C=O) groups excluding carboxylic acids is 1. The van der Waals surface area contributed by atoms with E-state index in [0.29, 0.717) is 22.7 Å². The molecule has 1 aromatic heterocycles. The molecule has 2 aliphatic carbocycles. The van der Waals surface area contributed by atoms with E-state index in [4.69, 9.17) is 4.74 Å². The second-order valence-corrected chi connectivity index (χ2v) is 8.60. The predicted molar refractivity (Wildman–Crippen MR) is 105 cm³/mol. The van der Waals surface area contributed by atoms with Gasteiger partial charge in [-0.3, -0.25) is 9.69 Å². The lowest BCUT2D eigenvalue weighted by Crippen LogP contribution is -2.45. The summed E-state index contributed by atoms with van der Waals surface area (Å²) in [6.07, 6.45) is 10.7. The lowest BCUT2D eigenvalue weighted by molar-refractivity contribution is -0.129. The number of carbonyl (C=O) groups is 1. The molecule has 7 heteroatoms. The van der Waals surface area contributed by atoms with Crippen LogP contribution in [0.2, 0.25) is 0 Å².